The van der Waals surface area contributed by atoms with E-state index in [0.717, 1.165) is 5.56 Å². The molecule has 1 unspecified atom stereocenters. The summed E-state index contributed by atoms with van der Waals surface area (Å²) in [6.07, 6.45) is 1.07. The highest BCUT2D eigenvalue weighted by Gasteiger charge is 2.20. The largest absolute Gasteiger partial charge is 0.354 e. The minimum atomic E-state index is -0.214. The summed E-state index contributed by atoms with van der Waals surface area (Å²) in [6.45, 7) is 3.78. The van der Waals surface area contributed by atoms with Gasteiger partial charge in [0.25, 0.3) is 5.91 Å². The van der Waals surface area contributed by atoms with Gasteiger partial charge in [-0.25, -0.2) is 0 Å². The highest BCUT2D eigenvalue weighted by atomic mass is 16.2. The maximum atomic E-state index is 12.1. The number of aryl methyl sites for hydroxylation is 1. The van der Waals surface area contributed by atoms with Crippen molar-refractivity contribution in [2.75, 3.05) is 6.54 Å². The number of hydrogen-bond acceptors (Lipinski definition) is 3. The Balaban J connectivity index is 2.07. The molecule has 1 heterocycles. The van der Waals surface area contributed by atoms with Gasteiger partial charge in [0, 0.05) is 30.1 Å². The molecule has 2 amide bonds. The third-order valence-corrected chi connectivity index (χ3v) is 3.48. The number of rotatable bonds is 3. The number of carbonyl (C=O) groups excluding carboxylic acids is 3. The second-order valence-corrected chi connectivity index (χ2v) is 5.10. The van der Waals surface area contributed by atoms with E-state index in [4.69, 9.17) is 0 Å². The molecule has 1 aliphatic rings. The molecule has 5 heteroatoms. The molecule has 0 aliphatic carbocycles. The molecule has 0 saturated carbocycles. The van der Waals surface area contributed by atoms with Crippen molar-refractivity contribution in [3.05, 3.63) is 34.9 Å². The molecule has 1 aromatic carbocycles. The maximum Gasteiger partial charge on any atom is 0.251 e. The van der Waals surface area contributed by atoms with Crippen LogP contribution in [0.15, 0.2) is 18.2 Å². The Morgan fingerprint density at radius 1 is 1.35 bits per heavy atom. The predicted octanol–water partition coefficient (Wildman–Crippen LogP) is 1.21. The van der Waals surface area contributed by atoms with E-state index in [9.17, 15) is 14.4 Å². The highest BCUT2D eigenvalue weighted by molar-refractivity contribution is 6.00. The summed E-state index contributed by atoms with van der Waals surface area (Å²) in [7, 11) is 0. The zero-order valence-corrected chi connectivity index (χ0v) is 11.7. The highest BCUT2D eigenvalue weighted by Crippen LogP contribution is 2.13. The van der Waals surface area contributed by atoms with E-state index >= 15 is 0 Å². The number of piperidine rings is 1. The van der Waals surface area contributed by atoms with Gasteiger partial charge in [0.15, 0.2) is 5.78 Å². The fraction of sp³-hybridized carbons (Fsp3) is 0.400. The topological polar surface area (TPSA) is 75.3 Å². The van der Waals surface area contributed by atoms with Crippen molar-refractivity contribution in [3.63, 3.8) is 0 Å². The Morgan fingerprint density at radius 2 is 2.10 bits per heavy atom. The molecule has 1 aromatic rings. The van der Waals surface area contributed by atoms with Crippen LogP contribution in [-0.4, -0.2) is 30.2 Å². The van der Waals surface area contributed by atoms with Crippen molar-refractivity contribution in [1.29, 1.82) is 0 Å². The van der Waals surface area contributed by atoms with Gasteiger partial charge < -0.3 is 10.6 Å². The molecule has 1 saturated heterocycles. The van der Waals surface area contributed by atoms with E-state index in [1.165, 1.54) is 6.92 Å². The van der Waals surface area contributed by atoms with Gasteiger partial charge in [-0.05, 0) is 38.0 Å². The van der Waals surface area contributed by atoms with Crippen molar-refractivity contribution < 1.29 is 14.4 Å². The van der Waals surface area contributed by atoms with Crippen molar-refractivity contribution in [3.8, 4) is 0 Å². The molecule has 106 valence electrons. The summed E-state index contributed by atoms with van der Waals surface area (Å²) in [5.41, 5.74) is 1.89. The molecular formula is C15H18N2O3. The molecule has 0 radical (unpaired) electrons. The van der Waals surface area contributed by atoms with Crippen LogP contribution in [-0.2, 0) is 4.79 Å². The molecule has 2 rings (SSSR count). The number of Topliss-reactive ketones (excluding diaryl/α,β-unsaturated/α-hetero) is 1. The Morgan fingerprint density at radius 3 is 2.70 bits per heavy atom. The van der Waals surface area contributed by atoms with E-state index in [1.807, 2.05) is 6.92 Å². The minimum absolute atomic E-state index is 0.0182. The number of ketones is 1. The number of benzene rings is 1. The second-order valence-electron chi connectivity index (χ2n) is 5.10. The van der Waals surface area contributed by atoms with Crippen LogP contribution < -0.4 is 10.6 Å². The first-order chi connectivity index (χ1) is 9.47. The molecule has 1 atom stereocenters. The zero-order valence-electron chi connectivity index (χ0n) is 11.7. The van der Waals surface area contributed by atoms with Crippen LogP contribution >= 0.6 is 0 Å². The van der Waals surface area contributed by atoms with Crippen LogP contribution in [0.25, 0.3) is 0 Å². The molecule has 0 spiro atoms. The molecule has 5 nitrogen and oxygen atoms in total. The third kappa shape index (κ3) is 3.23. The first-order valence-corrected chi connectivity index (χ1v) is 6.66. The van der Waals surface area contributed by atoms with Gasteiger partial charge in [0.2, 0.25) is 5.91 Å². The van der Waals surface area contributed by atoms with Gasteiger partial charge in [-0.1, -0.05) is 6.07 Å². The average Bonchev–Trinajstić information content (AvgIpc) is 2.41. The van der Waals surface area contributed by atoms with Gasteiger partial charge in [0.1, 0.15) is 0 Å². The molecule has 0 aromatic heterocycles. The van der Waals surface area contributed by atoms with E-state index in [0.29, 0.717) is 30.5 Å². The smallest absolute Gasteiger partial charge is 0.251 e. The van der Waals surface area contributed by atoms with Gasteiger partial charge in [0.05, 0.1) is 0 Å². The van der Waals surface area contributed by atoms with E-state index in [2.05, 4.69) is 10.6 Å². The van der Waals surface area contributed by atoms with Crippen molar-refractivity contribution in [1.82, 2.24) is 10.6 Å². The first kappa shape index (κ1) is 14.2. The van der Waals surface area contributed by atoms with E-state index in [1.54, 1.807) is 18.2 Å². The van der Waals surface area contributed by atoms with Crippen LogP contribution in [0.1, 0.15) is 46.0 Å². The van der Waals surface area contributed by atoms with Gasteiger partial charge in [-0.3, -0.25) is 14.4 Å². The van der Waals surface area contributed by atoms with Crippen molar-refractivity contribution >= 4 is 17.6 Å². The molecule has 1 aliphatic heterocycles. The van der Waals surface area contributed by atoms with Crippen LogP contribution in [0.2, 0.25) is 0 Å². The summed E-state index contributed by atoms with van der Waals surface area (Å²) in [5, 5.41) is 5.60. The number of carbonyl (C=O) groups is 3. The average molecular weight is 274 g/mol. The fourth-order valence-electron chi connectivity index (χ4n) is 2.27. The van der Waals surface area contributed by atoms with Crippen LogP contribution in [0.3, 0.4) is 0 Å². The number of nitrogens with one attached hydrogen (secondary N) is 2. The summed E-state index contributed by atoms with van der Waals surface area (Å²) < 4.78 is 0. The van der Waals surface area contributed by atoms with E-state index < -0.39 is 0 Å². The zero-order chi connectivity index (χ0) is 14.7. The molecule has 20 heavy (non-hydrogen) atoms. The quantitative estimate of drug-likeness (QED) is 0.813. The standard InChI is InChI=1S/C15H18N2O3/c1-9-3-4-11(7-13(9)10(2)18)15(20)17-12-5-6-14(19)16-8-12/h3-4,7,12H,5-6,8H2,1-2H3,(H,16,19)(H,17,20). The lowest BCUT2D eigenvalue weighted by molar-refractivity contribution is -0.122. The van der Waals surface area contributed by atoms with Gasteiger partial charge in [-0.15, -0.1) is 0 Å². The number of hydrogen-bond donors (Lipinski definition) is 2. The lowest BCUT2D eigenvalue weighted by Crippen LogP contribution is -2.47. The minimum Gasteiger partial charge on any atom is -0.354 e. The van der Waals surface area contributed by atoms with E-state index in [-0.39, 0.29) is 23.6 Å². The van der Waals surface area contributed by atoms with Gasteiger partial charge in [-0.2, -0.15) is 0 Å². The van der Waals surface area contributed by atoms with Crippen LogP contribution in [0.5, 0.6) is 0 Å². The molecule has 0 bridgehead atoms. The van der Waals surface area contributed by atoms with Crippen molar-refractivity contribution in [2.24, 2.45) is 0 Å². The monoisotopic (exact) mass is 274 g/mol. The van der Waals surface area contributed by atoms with Crippen molar-refractivity contribution in [2.45, 2.75) is 32.7 Å². The lowest BCUT2D eigenvalue weighted by atomic mass is 10.0. The Bertz CT molecular complexity index is 556. The Hall–Kier alpha value is -2.17. The third-order valence-electron chi connectivity index (χ3n) is 3.48. The maximum absolute atomic E-state index is 12.1. The predicted molar refractivity (Wildman–Crippen MR) is 74.7 cm³/mol. The first-order valence-electron chi connectivity index (χ1n) is 6.66. The summed E-state index contributed by atoms with van der Waals surface area (Å²) in [5.74, 6) is -0.250. The Labute approximate surface area is 117 Å². The van der Waals surface area contributed by atoms with Crippen LogP contribution in [0, 0.1) is 6.92 Å². The second kappa shape index (κ2) is 5.86. The molecule has 1 fully saturated rings. The molecular weight excluding hydrogens is 256 g/mol. The molecule has 2 N–H and O–H groups in total. The fourth-order valence-corrected chi connectivity index (χ4v) is 2.27. The number of amides is 2. The normalized spacial score (nSPS) is 18.3. The Kier molecular flexibility index (Phi) is 4.17. The van der Waals surface area contributed by atoms with Gasteiger partial charge >= 0.3 is 0 Å². The summed E-state index contributed by atoms with van der Waals surface area (Å²) >= 11 is 0. The summed E-state index contributed by atoms with van der Waals surface area (Å²) in [6, 6.07) is 5.04. The SMILES string of the molecule is CC(=O)c1cc(C(=O)NC2CCC(=O)NC2)ccc1C. The lowest BCUT2D eigenvalue weighted by Gasteiger charge is -2.23. The summed E-state index contributed by atoms with van der Waals surface area (Å²) in [4.78, 5) is 34.7. The van der Waals surface area contributed by atoms with Crippen LogP contribution in [0.4, 0.5) is 0 Å².